The zero-order valence-electron chi connectivity index (χ0n) is 23.5. The molecule has 2 aromatic heterocycles. The predicted octanol–water partition coefficient (Wildman–Crippen LogP) is 6.75. The molecule has 0 aliphatic rings. The number of aromatic nitrogens is 4. The first-order valence-corrected chi connectivity index (χ1v) is 14.1. The number of nitrogens with zero attached hydrogens (tertiary/aromatic N) is 2. The summed E-state index contributed by atoms with van der Waals surface area (Å²) in [4.78, 5) is 14.7. The van der Waals surface area contributed by atoms with Gasteiger partial charge in [0.1, 0.15) is 5.82 Å². The number of hydrogen-bond donors (Lipinski definition) is 4. The molecule has 7 heteroatoms. The maximum absolute atomic E-state index is 9.73. The molecule has 5 aromatic rings. The number of aryl methyl sites for hydroxylation is 5. The molecule has 0 aliphatic heterocycles. The Morgan fingerprint density at radius 3 is 2.52 bits per heavy atom. The average Bonchev–Trinajstić information content (AvgIpc) is 3.63. The van der Waals surface area contributed by atoms with Crippen LogP contribution in [-0.2, 0) is 25.7 Å². The Bertz CT molecular complexity index is 1510. The minimum atomic E-state index is -0.121. The molecule has 0 spiro atoms. The number of imidazole rings is 2. The largest absolute Gasteiger partial charge is 0.394 e. The first-order chi connectivity index (χ1) is 19.4. The Labute approximate surface area is 241 Å². The van der Waals surface area contributed by atoms with Gasteiger partial charge in [0, 0.05) is 35.5 Å². The van der Waals surface area contributed by atoms with Crippen LogP contribution in [0.4, 0.5) is 0 Å². The smallest absolute Gasteiger partial charge is 0.106 e. The number of nitrogens with one attached hydrogen (secondary N) is 3. The van der Waals surface area contributed by atoms with E-state index in [-0.39, 0.29) is 12.6 Å². The van der Waals surface area contributed by atoms with Gasteiger partial charge in [0.25, 0.3) is 0 Å². The van der Waals surface area contributed by atoms with Crippen molar-refractivity contribution in [2.24, 2.45) is 0 Å². The molecule has 4 N–H and O–H groups in total. The second kappa shape index (κ2) is 14.0. The molecule has 0 radical (unpaired) electrons. The van der Waals surface area contributed by atoms with E-state index >= 15 is 0 Å². The highest BCUT2D eigenvalue weighted by atomic mass is 35.5. The molecule has 6 nitrogen and oxygen atoms in total. The molecule has 0 saturated carbocycles. The average molecular weight is 556 g/mol. The number of fused-ring (bicyclic) bond motifs is 1. The van der Waals surface area contributed by atoms with E-state index in [1.165, 1.54) is 22.3 Å². The topological polar surface area (TPSA) is 89.6 Å². The number of aliphatic hydroxyl groups is 1. The minimum Gasteiger partial charge on any atom is -0.394 e. The summed E-state index contributed by atoms with van der Waals surface area (Å²) in [6.45, 7) is 10.5. The predicted molar refractivity (Wildman–Crippen MR) is 166 cm³/mol. The number of halogens is 1. The molecular weight excluding hydrogens is 518 g/mol. The highest BCUT2D eigenvalue weighted by molar-refractivity contribution is 6.30. The van der Waals surface area contributed by atoms with E-state index in [1.54, 1.807) is 12.5 Å². The van der Waals surface area contributed by atoms with Crippen LogP contribution in [0.2, 0.25) is 5.02 Å². The van der Waals surface area contributed by atoms with Crippen molar-refractivity contribution in [3.8, 4) is 0 Å². The zero-order valence-corrected chi connectivity index (χ0v) is 24.2. The van der Waals surface area contributed by atoms with Crippen LogP contribution in [-0.4, -0.2) is 37.7 Å². The van der Waals surface area contributed by atoms with Gasteiger partial charge in [-0.15, -0.1) is 0 Å². The molecule has 0 bridgehead atoms. The van der Waals surface area contributed by atoms with Gasteiger partial charge in [0.15, 0.2) is 0 Å². The zero-order chi connectivity index (χ0) is 28.5. The summed E-state index contributed by atoms with van der Waals surface area (Å²) in [5, 5.41) is 13.9. The number of rotatable bonds is 10. The van der Waals surface area contributed by atoms with Crippen LogP contribution >= 0.6 is 11.6 Å². The second-order valence-electron chi connectivity index (χ2n) is 10.0. The number of para-hydroxylation sites is 2. The van der Waals surface area contributed by atoms with Crippen LogP contribution < -0.4 is 5.32 Å². The molecule has 5 rings (SSSR count). The van der Waals surface area contributed by atoms with Gasteiger partial charge in [0.2, 0.25) is 0 Å². The van der Waals surface area contributed by atoms with Crippen molar-refractivity contribution in [3.05, 3.63) is 124 Å². The van der Waals surface area contributed by atoms with Gasteiger partial charge in [-0.3, -0.25) is 0 Å². The highest BCUT2D eigenvalue weighted by Gasteiger charge is 2.12. The van der Waals surface area contributed by atoms with E-state index in [2.05, 4.69) is 76.9 Å². The van der Waals surface area contributed by atoms with Crippen molar-refractivity contribution in [1.82, 2.24) is 25.3 Å². The molecule has 0 amide bonds. The lowest BCUT2D eigenvalue weighted by Gasteiger charge is -2.20. The standard InChI is InChI=1S/C24H28ClN3O.C9H10N2/c1-16-4-5-21(18(3)28-24(14-29)12-23-13-26-15-27-23)11-20(16)7-6-19-8-9-22(25)10-17(19)2;1-2-9-10-7-5-3-4-6-8(7)11-9/h4-5,8-11,13,15,24,28-29H,3,6-7,12,14H2,1-2H3,(H,26,27);3-6H,2H2,1H3,(H,10,11). The van der Waals surface area contributed by atoms with Gasteiger partial charge < -0.3 is 20.4 Å². The third kappa shape index (κ3) is 7.84. The summed E-state index contributed by atoms with van der Waals surface area (Å²) >= 11 is 6.07. The van der Waals surface area contributed by atoms with Crippen LogP contribution in [0.25, 0.3) is 16.7 Å². The molecule has 2 heterocycles. The van der Waals surface area contributed by atoms with Crippen LogP contribution in [0.5, 0.6) is 0 Å². The summed E-state index contributed by atoms with van der Waals surface area (Å²) in [5.74, 6) is 1.06. The molecular formula is C33H38ClN5O. The summed E-state index contributed by atoms with van der Waals surface area (Å²) in [7, 11) is 0. The number of aromatic amines is 2. The summed E-state index contributed by atoms with van der Waals surface area (Å²) < 4.78 is 0. The van der Waals surface area contributed by atoms with Crippen molar-refractivity contribution in [3.63, 3.8) is 0 Å². The fourth-order valence-electron chi connectivity index (χ4n) is 4.66. The van der Waals surface area contributed by atoms with E-state index in [0.717, 1.165) is 58.1 Å². The van der Waals surface area contributed by atoms with Crippen LogP contribution in [0, 0.1) is 13.8 Å². The quantitative estimate of drug-likeness (QED) is 0.153. The number of H-pyrrole nitrogens is 2. The molecule has 1 atom stereocenters. The van der Waals surface area contributed by atoms with Gasteiger partial charge in [-0.05, 0) is 84.8 Å². The van der Waals surface area contributed by atoms with Gasteiger partial charge in [-0.2, -0.15) is 0 Å². The highest BCUT2D eigenvalue weighted by Crippen LogP contribution is 2.21. The molecule has 208 valence electrons. The summed E-state index contributed by atoms with van der Waals surface area (Å²) in [6.07, 6.45) is 6.96. The first-order valence-electron chi connectivity index (χ1n) is 13.7. The normalized spacial score (nSPS) is 11.6. The molecule has 0 aliphatic carbocycles. The lowest BCUT2D eigenvalue weighted by Crippen LogP contribution is -2.33. The van der Waals surface area contributed by atoms with Crippen molar-refractivity contribution in [2.45, 2.75) is 52.5 Å². The lowest BCUT2D eigenvalue weighted by atomic mass is 9.96. The molecule has 40 heavy (non-hydrogen) atoms. The SMILES string of the molecule is C=C(NC(CO)Cc1cnc[nH]1)c1ccc(C)c(CCc2ccc(Cl)cc2C)c1.CCc1nc2ccccc2[nH]1. The van der Waals surface area contributed by atoms with Crippen LogP contribution in [0.1, 0.15) is 46.3 Å². The van der Waals surface area contributed by atoms with Crippen LogP contribution in [0.3, 0.4) is 0 Å². The third-order valence-electron chi connectivity index (χ3n) is 7.06. The Kier molecular flexibility index (Phi) is 10.2. The molecule has 0 saturated heterocycles. The van der Waals surface area contributed by atoms with Gasteiger partial charge in [-0.25, -0.2) is 9.97 Å². The molecule has 3 aromatic carbocycles. The van der Waals surface area contributed by atoms with Crippen molar-refractivity contribution < 1.29 is 5.11 Å². The molecule has 1 unspecified atom stereocenters. The maximum Gasteiger partial charge on any atom is 0.106 e. The van der Waals surface area contributed by atoms with Gasteiger partial charge in [-0.1, -0.05) is 55.4 Å². The van der Waals surface area contributed by atoms with E-state index in [9.17, 15) is 5.11 Å². The summed E-state index contributed by atoms with van der Waals surface area (Å²) in [5.41, 5.74) is 10.1. The Balaban J connectivity index is 0.000000278. The Morgan fingerprint density at radius 1 is 1.02 bits per heavy atom. The number of aliphatic hydroxyl groups excluding tert-OH is 1. The van der Waals surface area contributed by atoms with E-state index in [1.807, 2.05) is 36.4 Å². The van der Waals surface area contributed by atoms with E-state index < -0.39 is 0 Å². The fourth-order valence-corrected chi connectivity index (χ4v) is 4.89. The Morgan fingerprint density at radius 2 is 1.82 bits per heavy atom. The first kappa shape index (κ1) is 29.1. The summed E-state index contributed by atoms with van der Waals surface area (Å²) in [6, 6.07) is 20.4. The minimum absolute atomic E-state index is 0.0204. The number of benzene rings is 3. The fraction of sp³-hybridized carbons (Fsp3) is 0.273. The van der Waals surface area contributed by atoms with E-state index in [4.69, 9.17) is 11.6 Å². The van der Waals surface area contributed by atoms with Crippen LogP contribution in [0.15, 0.2) is 79.8 Å². The monoisotopic (exact) mass is 555 g/mol. The lowest BCUT2D eigenvalue weighted by molar-refractivity contribution is 0.253. The van der Waals surface area contributed by atoms with Gasteiger partial charge >= 0.3 is 0 Å². The maximum atomic E-state index is 9.73. The van der Waals surface area contributed by atoms with Crippen molar-refractivity contribution in [1.29, 1.82) is 0 Å². The van der Waals surface area contributed by atoms with Crippen molar-refractivity contribution in [2.75, 3.05) is 6.61 Å². The van der Waals surface area contributed by atoms with Crippen molar-refractivity contribution >= 4 is 28.3 Å². The molecule has 0 fully saturated rings. The van der Waals surface area contributed by atoms with Gasteiger partial charge in [0.05, 0.1) is 30.0 Å². The number of hydrogen-bond acceptors (Lipinski definition) is 4. The second-order valence-corrected chi connectivity index (χ2v) is 10.5. The van der Waals surface area contributed by atoms with E-state index in [0.29, 0.717) is 6.42 Å². The Hall–Kier alpha value is -3.87. The third-order valence-corrected chi connectivity index (χ3v) is 7.29.